The molecule has 1 amide bonds. The van der Waals surface area contributed by atoms with Crippen LogP contribution in [0.15, 0.2) is 60.7 Å². The van der Waals surface area contributed by atoms with E-state index in [0.29, 0.717) is 12.2 Å². The van der Waals surface area contributed by atoms with Gasteiger partial charge in [-0.3, -0.25) is 4.79 Å². The standard InChI is InChI=1S/C21H22N2O3/c1-26-18-9-10-19-17(14-18)15-20(22-19)21(25)23(12-13-24)11-5-8-16-6-3-2-4-7-16/h2-10,14-15,22,24H,11-13H2,1H3/b8-5+. The summed E-state index contributed by atoms with van der Waals surface area (Å²) in [7, 11) is 1.61. The lowest BCUT2D eigenvalue weighted by molar-refractivity contribution is 0.0738. The summed E-state index contributed by atoms with van der Waals surface area (Å²) in [4.78, 5) is 17.6. The molecule has 0 saturated heterocycles. The zero-order valence-electron chi connectivity index (χ0n) is 14.7. The third kappa shape index (κ3) is 4.13. The first-order valence-electron chi connectivity index (χ1n) is 8.50. The molecule has 1 heterocycles. The van der Waals surface area contributed by atoms with Crippen LogP contribution in [-0.4, -0.2) is 47.7 Å². The number of carbonyl (C=O) groups excluding carboxylic acids is 1. The van der Waals surface area contributed by atoms with Crippen molar-refractivity contribution in [3.8, 4) is 5.75 Å². The van der Waals surface area contributed by atoms with Gasteiger partial charge in [-0.1, -0.05) is 42.5 Å². The van der Waals surface area contributed by atoms with E-state index >= 15 is 0 Å². The number of carbonyl (C=O) groups is 1. The zero-order valence-corrected chi connectivity index (χ0v) is 14.7. The molecule has 0 atom stereocenters. The van der Waals surface area contributed by atoms with Gasteiger partial charge in [-0.05, 0) is 29.8 Å². The molecular weight excluding hydrogens is 328 g/mol. The van der Waals surface area contributed by atoms with Gasteiger partial charge in [0.05, 0.1) is 13.7 Å². The summed E-state index contributed by atoms with van der Waals surface area (Å²) in [5.74, 6) is 0.598. The number of aliphatic hydroxyl groups excluding tert-OH is 1. The number of hydrogen-bond donors (Lipinski definition) is 2. The molecule has 0 saturated carbocycles. The predicted molar refractivity (Wildman–Crippen MR) is 103 cm³/mol. The fourth-order valence-corrected chi connectivity index (χ4v) is 2.80. The van der Waals surface area contributed by atoms with Crippen LogP contribution in [0.25, 0.3) is 17.0 Å². The number of aromatic nitrogens is 1. The average molecular weight is 350 g/mol. The lowest BCUT2D eigenvalue weighted by Gasteiger charge is -2.19. The van der Waals surface area contributed by atoms with E-state index in [2.05, 4.69) is 4.98 Å². The molecule has 3 aromatic rings. The number of fused-ring (bicyclic) bond motifs is 1. The monoisotopic (exact) mass is 350 g/mol. The molecule has 0 aliphatic heterocycles. The molecule has 0 unspecified atom stereocenters. The lowest BCUT2D eigenvalue weighted by Crippen LogP contribution is -2.33. The second-order valence-corrected chi connectivity index (χ2v) is 5.92. The number of aliphatic hydroxyl groups is 1. The van der Waals surface area contributed by atoms with Crippen molar-refractivity contribution in [3.05, 3.63) is 71.9 Å². The summed E-state index contributed by atoms with van der Waals surface area (Å²) in [5.41, 5.74) is 2.44. The van der Waals surface area contributed by atoms with Crippen LogP contribution in [0.4, 0.5) is 0 Å². The summed E-state index contributed by atoms with van der Waals surface area (Å²) >= 11 is 0. The number of H-pyrrole nitrogens is 1. The van der Waals surface area contributed by atoms with Crippen LogP contribution >= 0.6 is 0 Å². The van der Waals surface area contributed by atoms with Gasteiger partial charge >= 0.3 is 0 Å². The van der Waals surface area contributed by atoms with Crippen LogP contribution < -0.4 is 4.74 Å². The van der Waals surface area contributed by atoms with Crippen molar-refractivity contribution < 1.29 is 14.6 Å². The fraction of sp³-hybridized carbons (Fsp3) is 0.190. The van der Waals surface area contributed by atoms with Crippen molar-refractivity contribution in [2.75, 3.05) is 26.8 Å². The minimum atomic E-state index is -0.146. The summed E-state index contributed by atoms with van der Waals surface area (Å²) < 4.78 is 5.22. The molecule has 26 heavy (non-hydrogen) atoms. The summed E-state index contributed by atoms with van der Waals surface area (Å²) in [5, 5.41) is 10.2. The predicted octanol–water partition coefficient (Wildman–Crippen LogP) is 3.32. The zero-order chi connectivity index (χ0) is 18.4. The Morgan fingerprint density at radius 3 is 2.73 bits per heavy atom. The Morgan fingerprint density at radius 1 is 1.19 bits per heavy atom. The largest absolute Gasteiger partial charge is 0.497 e. The van der Waals surface area contributed by atoms with Gasteiger partial charge in [0.1, 0.15) is 11.4 Å². The maximum Gasteiger partial charge on any atom is 0.270 e. The minimum absolute atomic E-state index is 0.0844. The van der Waals surface area contributed by atoms with Crippen LogP contribution in [0.1, 0.15) is 16.1 Å². The van der Waals surface area contributed by atoms with Gasteiger partial charge in [-0.2, -0.15) is 0 Å². The van der Waals surface area contributed by atoms with Crippen LogP contribution in [0.5, 0.6) is 5.75 Å². The average Bonchev–Trinajstić information content (AvgIpc) is 3.10. The van der Waals surface area contributed by atoms with Gasteiger partial charge in [-0.25, -0.2) is 0 Å². The fourth-order valence-electron chi connectivity index (χ4n) is 2.80. The number of ether oxygens (including phenoxy) is 1. The van der Waals surface area contributed by atoms with Gasteiger partial charge in [0, 0.05) is 24.0 Å². The number of amides is 1. The minimum Gasteiger partial charge on any atom is -0.497 e. The van der Waals surface area contributed by atoms with Gasteiger partial charge in [0.25, 0.3) is 5.91 Å². The number of nitrogens with zero attached hydrogens (tertiary/aromatic N) is 1. The number of methoxy groups -OCH3 is 1. The smallest absolute Gasteiger partial charge is 0.270 e. The molecule has 5 nitrogen and oxygen atoms in total. The number of nitrogens with one attached hydrogen (secondary N) is 1. The number of aromatic amines is 1. The van der Waals surface area contributed by atoms with Gasteiger partial charge in [0.2, 0.25) is 0 Å². The van der Waals surface area contributed by atoms with E-state index in [9.17, 15) is 9.90 Å². The first kappa shape index (κ1) is 17.8. The summed E-state index contributed by atoms with van der Waals surface area (Å²) in [6.45, 7) is 0.614. The van der Waals surface area contributed by atoms with Gasteiger partial charge in [0.15, 0.2) is 0 Å². The SMILES string of the molecule is COc1ccc2[nH]c(C(=O)N(C/C=C/c3ccccc3)CCO)cc2c1. The molecule has 0 bridgehead atoms. The number of benzene rings is 2. The van der Waals surface area contributed by atoms with Crippen molar-refractivity contribution in [1.29, 1.82) is 0 Å². The Morgan fingerprint density at radius 2 is 2.00 bits per heavy atom. The summed E-state index contributed by atoms with van der Waals surface area (Å²) in [6.07, 6.45) is 3.89. The molecule has 2 aromatic carbocycles. The molecule has 0 fully saturated rings. The topological polar surface area (TPSA) is 65.6 Å². The van der Waals surface area contributed by atoms with Crippen LogP contribution in [0, 0.1) is 0 Å². The van der Waals surface area contributed by atoms with Crippen molar-refractivity contribution in [3.63, 3.8) is 0 Å². The highest BCUT2D eigenvalue weighted by Gasteiger charge is 2.16. The molecule has 134 valence electrons. The van der Waals surface area contributed by atoms with E-state index in [1.165, 1.54) is 0 Å². The molecular formula is C21H22N2O3. The maximum atomic E-state index is 12.8. The Bertz CT molecular complexity index is 900. The van der Waals surface area contributed by atoms with Crippen molar-refractivity contribution in [1.82, 2.24) is 9.88 Å². The molecule has 3 rings (SSSR count). The summed E-state index contributed by atoms with van der Waals surface area (Å²) in [6, 6.07) is 17.3. The van der Waals surface area contributed by atoms with Crippen LogP contribution in [0.2, 0.25) is 0 Å². The normalized spacial score (nSPS) is 11.2. The first-order valence-corrected chi connectivity index (χ1v) is 8.50. The highest BCUT2D eigenvalue weighted by atomic mass is 16.5. The maximum absolute atomic E-state index is 12.8. The Labute approximate surface area is 152 Å². The van der Waals surface area contributed by atoms with E-state index in [0.717, 1.165) is 22.2 Å². The van der Waals surface area contributed by atoms with Crippen molar-refractivity contribution in [2.45, 2.75) is 0 Å². The lowest BCUT2D eigenvalue weighted by atomic mass is 10.2. The molecule has 0 radical (unpaired) electrons. The number of rotatable bonds is 7. The second-order valence-electron chi connectivity index (χ2n) is 5.92. The third-order valence-corrected chi connectivity index (χ3v) is 4.15. The second kappa shape index (κ2) is 8.36. The van der Waals surface area contributed by atoms with E-state index in [1.54, 1.807) is 12.0 Å². The number of hydrogen-bond acceptors (Lipinski definition) is 3. The van der Waals surface area contributed by atoms with Crippen molar-refractivity contribution in [2.24, 2.45) is 0 Å². The van der Waals surface area contributed by atoms with Gasteiger partial charge < -0.3 is 19.7 Å². The van der Waals surface area contributed by atoms with Crippen molar-refractivity contribution >= 4 is 22.9 Å². The molecule has 2 N–H and O–H groups in total. The Kier molecular flexibility index (Phi) is 5.71. The highest BCUT2D eigenvalue weighted by Crippen LogP contribution is 2.22. The van der Waals surface area contributed by atoms with Crippen LogP contribution in [0.3, 0.4) is 0 Å². The van der Waals surface area contributed by atoms with E-state index in [-0.39, 0.29) is 19.1 Å². The molecule has 0 aliphatic carbocycles. The highest BCUT2D eigenvalue weighted by molar-refractivity contribution is 5.98. The van der Waals surface area contributed by atoms with Gasteiger partial charge in [-0.15, -0.1) is 0 Å². The molecule has 0 aliphatic rings. The van der Waals surface area contributed by atoms with E-state index in [1.807, 2.05) is 66.7 Å². The third-order valence-electron chi connectivity index (χ3n) is 4.15. The molecule has 5 heteroatoms. The molecule has 1 aromatic heterocycles. The Hall–Kier alpha value is -3.05. The van der Waals surface area contributed by atoms with Crippen LogP contribution in [-0.2, 0) is 0 Å². The Balaban J connectivity index is 1.76. The quantitative estimate of drug-likeness (QED) is 0.687. The van der Waals surface area contributed by atoms with E-state index < -0.39 is 0 Å². The first-order chi connectivity index (χ1) is 12.7. The van der Waals surface area contributed by atoms with E-state index in [4.69, 9.17) is 4.74 Å². The molecule has 0 spiro atoms.